The lowest BCUT2D eigenvalue weighted by atomic mass is 9.94. The van der Waals surface area contributed by atoms with Gasteiger partial charge in [0.05, 0.1) is 6.26 Å². The number of ether oxygens (including phenoxy) is 1. The molecule has 0 aliphatic carbocycles. The maximum absolute atomic E-state index is 6.09. The molecule has 1 heterocycles. The van der Waals surface area contributed by atoms with Crippen molar-refractivity contribution in [1.29, 1.82) is 0 Å². The van der Waals surface area contributed by atoms with Crippen molar-refractivity contribution in [2.45, 2.75) is 40.0 Å². The Hall–Kier alpha value is -2.54. The fourth-order valence-electron chi connectivity index (χ4n) is 2.88. The molecular weight excluding hydrogens is 304 g/mol. The Kier molecular flexibility index (Phi) is 7.28. The van der Waals surface area contributed by atoms with Gasteiger partial charge >= 0.3 is 0 Å². The minimum atomic E-state index is 0.877. The van der Waals surface area contributed by atoms with Gasteiger partial charge in [0.25, 0.3) is 0 Å². The van der Waals surface area contributed by atoms with Crippen LogP contribution in [-0.2, 0) is 4.74 Å². The lowest BCUT2D eigenvalue weighted by molar-refractivity contribution is 0.428. The molecule has 0 aromatic heterocycles. The average molecular weight is 332 g/mol. The zero-order valence-electron chi connectivity index (χ0n) is 15.6. The van der Waals surface area contributed by atoms with Gasteiger partial charge in [-0.1, -0.05) is 66.8 Å². The highest BCUT2D eigenvalue weighted by Gasteiger charge is 2.10. The van der Waals surface area contributed by atoms with E-state index in [0.717, 1.165) is 30.6 Å². The summed E-state index contributed by atoms with van der Waals surface area (Å²) in [4.78, 5) is 0. The van der Waals surface area contributed by atoms with Crippen LogP contribution >= 0.6 is 0 Å². The summed E-state index contributed by atoms with van der Waals surface area (Å²) >= 11 is 0. The number of hydrogen-bond acceptors (Lipinski definition) is 1. The molecule has 0 unspecified atom stereocenters. The third-order valence-electron chi connectivity index (χ3n) is 4.34. The maximum atomic E-state index is 6.09. The molecule has 1 aromatic carbocycles. The highest BCUT2D eigenvalue weighted by atomic mass is 16.5. The summed E-state index contributed by atoms with van der Waals surface area (Å²) in [6.07, 6.45) is 15.4. The van der Waals surface area contributed by atoms with E-state index in [1.54, 1.807) is 0 Å². The predicted octanol–water partition coefficient (Wildman–Crippen LogP) is 7.14. The topological polar surface area (TPSA) is 9.23 Å². The monoisotopic (exact) mass is 332 g/mol. The highest BCUT2D eigenvalue weighted by molar-refractivity contribution is 5.67. The molecule has 0 atom stereocenters. The van der Waals surface area contributed by atoms with Gasteiger partial charge in [-0.15, -0.1) is 0 Å². The van der Waals surface area contributed by atoms with Gasteiger partial charge in [-0.25, -0.2) is 0 Å². The summed E-state index contributed by atoms with van der Waals surface area (Å²) in [5, 5.41) is 0. The Balaban J connectivity index is 2.58. The predicted molar refractivity (Wildman–Crippen MR) is 109 cm³/mol. The van der Waals surface area contributed by atoms with Gasteiger partial charge in [0, 0.05) is 5.56 Å². The van der Waals surface area contributed by atoms with E-state index in [-0.39, 0.29) is 0 Å². The Morgan fingerprint density at radius 3 is 2.56 bits per heavy atom. The molecule has 0 spiro atoms. The molecule has 1 nitrogen and oxygen atoms in total. The maximum Gasteiger partial charge on any atom is 0.134 e. The van der Waals surface area contributed by atoms with Crippen molar-refractivity contribution in [2.24, 2.45) is 0 Å². The lowest BCUT2D eigenvalue weighted by Crippen LogP contribution is -1.97. The Bertz CT molecular complexity index is 740. The van der Waals surface area contributed by atoms with Crippen LogP contribution in [0.3, 0.4) is 0 Å². The zero-order chi connectivity index (χ0) is 18.1. The van der Waals surface area contributed by atoms with Crippen LogP contribution in [0.5, 0.6) is 0 Å². The second-order valence-electron chi connectivity index (χ2n) is 6.34. The molecule has 0 bridgehead atoms. The van der Waals surface area contributed by atoms with Gasteiger partial charge in [0.15, 0.2) is 0 Å². The van der Waals surface area contributed by atoms with Crippen molar-refractivity contribution in [3.05, 3.63) is 101 Å². The van der Waals surface area contributed by atoms with Crippen LogP contribution in [-0.4, -0.2) is 0 Å². The van der Waals surface area contributed by atoms with Crippen LogP contribution in [0.15, 0.2) is 95.8 Å². The average Bonchev–Trinajstić information content (AvgIpc) is 2.64. The van der Waals surface area contributed by atoms with Crippen LogP contribution in [0.25, 0.3) is 5.76 Å². The first-order chi connectivity index (χ1) is 12.2. The van der Waals surface area contributed by atoms with Crippen LogP contribution in [0.4, 0.5) is 0 Å². The second kappa shape index (κ2) is 9.68. The van der Waals surface area contributed by atoms with Gasteiger partial charge < -0.3 is 4.74 Å². The van der Waals surface area contributed by atoms with Crippen molar-refractivity contribution in [3.63, 3.8) is 0 Å². The van der Waals surface area contributed by atoms with Crippen molar-refractivity contribution in [2.75, 3.05) is 0 Å². The molecule has 0 fully saturated rings. The van der Waals surface area contributed by atoms with Gasteiger partial charge in [-0.3, -0.25) is 0 Å². The summed E-state index contributed by atoms with van der Waals surface area (Å²) in [7, 11) is 0. The van der Waals surface area contributed by atoms with Crippen molar-refractivity contribution >= 4 is 5.76 Å². The molecule has 0 amide bonds. The fraction of sp³-hybridized carbons (Fsp3) is 0.250. The molecule has 0 saturated carbocycles. The largest absolute Gasteiger partial charge is 0.464 e. The number of rotatable bonds is 4. The van der Waals surface area contributed by atoms with Crippen molar-refractivity contribution in [3.8, 4) is 0 Å². The summed E-state index contributed by atoms with van der Waals surface area (Å²) in [6.45, 7) is 10.2. The van der Waals surface area contributed by atoms with E-state index in [9.17, 15) is 0 Å². The molecule has 1 aliphatic rings. The molecule has 1 aliphatic heterocycles. The van der Waals surface area contributed by atoms with E-state index in [0.29, 0.717) is 0 Å². The summed E-state index contributed by atoms with van der Waals surface area (Å²) in [5.41, 5.74) is 6.16. The first-order valence-electron chi connectivity index (χ1n) is 8.90. The minimum absolute atomic E-state index is 0.877. The SMILES string of the molecule is C=C\C=C/C(=C\C)C1=C(/C)CCC/C(C)=C/O/C(c2ccccc2)=C\1. The molecule has 1 aromatic rings. The van der Waals surface area contributed by atoms with Crippen LogP contribution < -0.4 is 0 Å². The Morgan fingerprint density at radius 1 is 1.12 bits per heavy atom. The quantitative estimate of drug-likeness (QED) is 0.532. The fourth-order valence-corrected chi connectivity index (χ4v) is 2.88. The van der Waals surface area contributed by atoms with Crippen LogP contribution in [0.1, 0.15) is 45.6 Å². The van der Waals surface area contributed by atoms with E-state index in [1.807, 2.05) is 36.6 Å². The molecule has 25 heavy (non-hydrogen) atoms. The van der Waals surface area contributed by atoms with Crippen molar-refractivity contribution < 1.29 is 4.74 Å². The molecule has 0 radical (unpaired) electrons. The zero-order valence-corrected chi connectivity index (χ0v) is 15.6. The summed E-state index contributed by atoms with van der Waals surface area (Å²) < 4.78 is 6.09. The molecule has 2 rings (SSSR count). The number of hydrogen-bond donors (Lipinski definition) is 0. The Labute approximate surface area is 152 Å². The summed E-state index contributed by atoms with van der Waals surface area (Å²) in [5.74, 6) is 0.877. The van der Waals surface area contributed by atoms with Crippen LogP contribution in [0.2, 0.25) is 0 Å². The third kappa shape index (κ3) is 5.49. The number of benzene rings is 1. The first kappa shape index (κ1) is 18.8. The van der Waals surface area contributed by atoms with Gasteiger partial charge in [0.2, 0.25) is 0 Å². The Morgan fingerprint density at radius 2 is 1.88 bits per heavy atom. The molecular formula is C24H28O. The third-order valence-corrected chi connectivity index (χ3v) is 4.34. The van der Waals surface area contributed by atoms with Gasteiger partial charge in [-0.2, -0.15) is 0 Å². The normalized spacial score (nSPS) is 24.0. The van der Waals surface area contributed by atoms with Gasteiger partial charge in [0.1, 0.15) is 5.76 Å². The van der Waals surface area contributed by atoms with E-state index in [1.165, 1.54) is 22.3 Å². The smallest absolute Gasteiger partial charge is 0.134 e. The lowest BCUT2D eigenvalue weighted by Gasteiger charge is -2.16. The van der Waals surface area contributed by atoms with E-state index in [2.05, 4.69) is 57.7 Å². The van der Waals surface area contributed by atoms with E-state index >= 15 is 0 Å². The molecule has 0 N–H and O–H groups in total. The van der Waals surface area contributed by atoms with Gasteiger partial charge in [-0.05, 0) is 62.8 Å². The molecule has 1 heteroatoms. The minimum Gasteiger partial charge on any atom is -0.464 e. The number of allylic oxidation sites excluding steroid dienone is 9. The summed E-state index contributed by atoms with van der Waals surface area (Å²) in [6, 6.07) is 10.3. The molecule has 0 saturated heterocycles. The standard InChI is InChI=1S/C24H28O/c1-5-7-14-21(6-2)23-17-24(22-15-9-8-10-16-22)25-18-19(3)12-11-13-20(23)4/h5-10,14-18H,1,11-13H2,2-4H3/b14-7-,19-18+,21-6+,23-20-,24-17-. The molecule has 130 valence electrons. The van der Waals surface area contributed by atoms with E-state index in [4.69, 9.17) is 4.74 Å². The second-order valence-corrected chi connectivity index (χ2v) is 6.34. The highest BCUT2D eigenvalue weighted by Crippen LogP contribution is 2.29. The first-order valence-corrected chi connectivity index (χ1v) is 8.90. The van der Waals surface area contributed by atoms with Crippen molar-refractivity contribution in [1.82, 2.24) is 0 Å². The van der Waals surface area contributed by atoms with Crippen LogP contribution in [0, 0.1) is 0 Å². The van der Waals surface area contributed by atoms with E-state index < -0.39 is 0 Å².